The van der Waals surface area contributed by atoms with E-state index in [4.69, 9.17) is 0 Å². The van der Waals surface area contributed by atoms with E-state index in [0.717, 1.165) is 35.9 Å². The number of aromatic nitrogens is 3. The maximum atomic E-state index is 4.61. The lowest BCUT2D eigenvalue weighted by Crippen LogP contribution is -2.16. The van der Waals surface area contributed by atoms with Gasteiger partial charge in [-0.2, -0.15) is 0 Å². The molecule has 4 nitrogen and oxygen atoms in total. The molecule has 0 saturated heterocycles. The predicted octanol–water partition coefficient (Wildman–Crippen LogP) is 2.93. The zero-order valence-corrected chi connectivity index (χ0v) is 12.4. The van der Waals surface area contributed by atoms with Crippen molar-refractivity contribution in [1.29, 1.82) is 0 Å². The fraction of sp³-hybridized carbons (Fsp3) is 0.188. The highest BCUT2D eigenvalue weighted by molar-refractivity contribution is 7.13. The first-order valence-electron chi connectivity index (χ1n) is 6.87. The molecule has 3 aromatic heterocycles. The van der Waals surface area contributed by atoms with Crippen LogP contribution in [0.15, 0.2) is 54.3 Å². The van der Waals surface area contributed by atoms with Crippen molar-refractivity contribution in [1.82, 2.24) is 20.3 Å². The van der Waals surface area contributed by atoms with Crippen LogP contribution in [0.5, 0.6) is 0 Å². The Labute approximate surface area is 127 Å². The van der Waals surface area contributed by atoms with Crippen LogP contribution < -0.4 is 5.32 Å². The van der Waals surface area contributed by atoms with Gasteiger partial charge >= 0.3 is 0 Å². The highest BCUT2D eigenvalue weighted by atomic mass is 32.1. The molecule has 0 amide bonds. The fourth-order valence-corrected chi connectivity index (χ4v) is 2.79. The van der Waals surface area contributed by atoms with Gasteiger partial charge in [-0.1, -0.05) is 12.1 Å². The first kappa shape index (κ1) is 13.9. The second kappa shape index (κ2) is 7.06. The Hall–Kier alpha value is -2.11. The van der Waals surface area contributed by atoms with E-state index >= 15 is 0 Å². The lowest BCUT2D eigenvalue weighted by atomic mass is 10.2. The monoisotopic (exact) mass is 296 g/mol. The summed E-state index contributed by atoms with van der Waals surface area (Å²) in [5.74, 6) is 0. The molecule has 3 heterocycles. The molecule has 5 heteroatoms. The van der Waals surface area contributed by atoms with E-state index in [1.165, 1.54) is 5.56 Å². The number of rotatable bonds is 6. The number of nitrogens with zero attached hydrogens (tertiary/aromatic N) is 3. The lowest BCUT2D eigenvalue weighted by molar-refractivity contribution is 0.677. The van der Waals surface area contributed by atoms with Gasteiger partial charge in [0.05, 0.1) is 11.4 Å². The summed E-state index contributed by atoms with van der Waals surface area (Å²) in [4.78, 5) is 13.0. The van der Waals surface area contributed by atoms with Gasteiger partial charge in [0.15, 0.2) is 0 Å². The third-order valence-electron chi connectivity index (χ3n) is 3.06. The average Bonchev–Trinajstić information content (AvgIpc) is 3.02. The molecule has 0 aromatic carbocycles. The number of nitrogens with one attached hydrogen (secondary N) is 1. The summed E-state index contributed by atoms with van der Waals surface area (Å²) >= 11 is 1.63. The van der Waals surface area contributed by atoms with Gasteiger partial charge in [-0.3, -0.25) is 9.97 Å². The van der Waals surface area contributed by atoms with Crippen LogP contribution >= 0.6 is 11.3 Å². The molecule has 0 spiro atoms. The molecule has 0 aliphatic carbocycles. The van der Waals surface area contributed by atoms with E-state index < -0.39 is 0 Å². The van der Waals surface area contributed by atoms with Crippen molar-refractivity contribution >= 4 is 11.3 Å². The van der Waals surface area contributed by atoms with E-state index in [2.05, 4.69) is 31.7 Å². The lowest BCUT2D eigenvalue weighted by Gasteiger charge is -2.02. The van der Waals surface area contributed by atoms with Crippen LogP contribution in [0.4, 0.5) is 0 Å². The van der Waals surface area contributed by atoms with Crippen LogP contribution in [-0.2, 0) is 13.0 Å². The SMILES string of the molecule is c1ccc(-c2nc(CNCCc3cccnc3)cs2)nc1. The molecular formula is C16H16N4S. The molecular weight excluding hydrogens is 280 g/mol. The van der Waals surface area contributed by atoms with Gasteiger partial charge in [-0.15, -0.1) is 11.3 Å². The van der Waals surface area contributed by atoms with Gasteiger partial charge in [0.2, 0.25) is 0 Å². The van der Waals surface area contributed by atoms with E-state index in [0.29, 0.717) is 0 Å². The van der Waals surface area contributed by atoms with Crippen LogP contribution in [0.3, 0.4) is 0 Å². The van der Waals surface area contributed by atoms with E-state index in [1.807, 2.05) is 30.5 Å². The second-order valence-corrected chi connectivity index (χ2v) is 5.51. The Morgan fingerprint density at radius 2 is 2.10 bits per heavy atom. The van der Waals surface area contributed by atoms with Crippen LogP contribution in [-0.4, -0.2) is 21.5 Å². The van der Waals surface area contributed by atoms with E-state index in [-0.39, 0.29) is 0 Å². The van der Waals surface area contributed by atoms with Crippen LogP contribution in [0, 0.1) is 0 Å². The molecule has 3 aromatic rings. The number of hydrogen-bond acceptors (Lipinski definition) is 5. The van der Waals surface area contributed by atoms with Gasteiger partial charge in [0, 0.05) is 30.5 Å². The molecule has 0 saturated carbocycles. The first-order chi connectivity index (χ1) is 10.4. The van der Waals surface area contributed by atoms with Gasteiger partial charge in [-0.25, -0.2) is 4.98 Å². The zero-order valence-electron chi connectivity index (χ0n) is 11.6. The quantitative estimate of drug-likeness (QED) is 0.711. The van der Waals surface area contributed by atoms with Crippen molar-refractivity contribution in [2.75, 3.05) is 6.54 Å². The van der Waals surface area contributed by atoms with Crippen molar-refractivity contribution < 1.29 is 0 Å². The summed E-state index contributed by atoms with van der Waals surface area (Å²) in [6.07, 6.45) is 6.47. The van der Waals surface area contributed by atoms with Crippen molar-refractivity contribution in [2.24, 2.45) is 0 Å². The molecule has 1 N–H and O–H groups in total. The Balaban J connectivity index is 1.49. The van der Waals surface area contributed by atoms with Crippen LogP contribution in [0.1, 0.15) is 11.3 Å². The largest absolute Gasteiger partial charge is 0.311 e. The first-order valence-corrected chi connectivity index (χ1v) is 7.75. The molecule has 106 valence electrons. The highest BCUT2D eigenvalue weighted by Gasteiger charge is 2.04. The average molecular weight is 296 g/mol. The maximum Gasteiger partial charge on any atom is 0.142 e. The molecule has 0 bridgehead atoms. The van der Waals surface area contributed by atoms with Crippen LogP contribution in [0.2, 0.25) is 0 Å². The standard InChI is InChI=1S/C16H16N4S/c1-2-8-19-15(5-1)16-20-14(12-21-16)11-18-9-6-13-4-3-7-17-10-13/h1-5,7-8,10,12,18H,6,9,11H2. The molecule has 0 radical (unpaired) electrons. The summed E-state index contributed by atoms with van der Waals surface area (Å²) in [7, 11) is 0. The summed E-state index contributed by atoms with van der Waals surface area (Å²) < 4.78 is 0. The molecule has 0 unspecified atom stereocenters. The Kier molecular flexibility index (Phi) is 4.66. The Bertz CT molecular complexity index is 667. The number of thiazole rings is 1. The normalized spacial score (nSPS) is 10.7. The predicted molar refractivity (Wildman–Crippen MR) is 85.0 cm³/mol. The topological polar surface area (TPSA) is 50.7 Å². The van der Waals surface area contributed by atoms with Gasteiger partial charge in [-0.05, 0) is 36.7 Å². The second-order valence-electron chi connectivity index (χ2n) is 4.65. The molecule has 0 aliphatic rings. The minimum absolute atomic E-state index is 0.781. The van der Waals surface area contributed by atoms with Crippen molar-refractivity contribution in [3.8, 4) is 10.7 Å². The summed E-state index contributed by atoms with van der Waals surface area (Å²) in [6, 6.07) is 9.94. The maximum absolute atomic E-state index is 4.61. The third-order valence-corrected chi connectivity index (χ3v) is 3.97. The molecule has 0 fully saturated rings. The summed E-state index contributed by atoms with van der Waals surface area (Å²) in [6.45, 7) is 1.70. The zero-order chi connectivity index (χ0) is 14.3. The van der Waals surface area contributed by atoms with Gasteiger partial charge in [0.25, 0.3) is 0 Å². The minimum atomic E-state index is 0.781. The summed E-state index contributed by atoms with van der Waals surface area (Å²) in [5.41, 5.74) is 3.24. The van der Waals surface area contributed by atoms with E-state index in [1.54, 1.807) is 23.7 Å². The van der Waals surface area contributed by atoms with Crippen molar-refractivity contribution in [3.63, 3.8) is 0 Å². The molecule has 0 atom stereocenters. The van der Waals surface area contributed by atoms with Gasteiger partial charge in [0.1, 0.15) is 5.01 Å². The molecule has 3 rings (SSSR count). The molecule has 0 aliphatic heterocycles. The fourth-order valence-electron chi connectivity index (χ4n) is 1.99. The highest BCUT2D eigenvalue weighted by Crippen LogP contribution is 2.21. The Morgan fingerprint density at radius 1 is 1.10 bits per heavy atom. The third kappa shape index (κ3) is 3.93. The summed E-state index contributed by atoms with van der Waals surface area (Å²) in [5, 5.41) is 6.47. The van der Waals surface area contributed by atoms with Crippen molar-refractivity contribution in [3.05, 3.63) is 65.6 Å². The number of pyridine rings is 2. The van der Waals surface area contributed by atoms with Crippen molar-refractivity contribution in [2.45, 2.75) is 13.0 Å². The minimum Gasteiger partial charge on any atom is -0.311 e. The van der Waals surface area contributed by atoms with Gasteiger partial charge < -0.3 is 5.32 Å². The number of hydrogen-bond donors (Lipinski definition) is 1. The van der Waals surface area contributed by atoms with E-state index in [9.17, 15) is 0 Å². The Morgan fingerprint density at radius 3 is 2.90 bits per heavy atom. The smallest absolute Gasteiger partial charge is 0.142 e. The van der Waals surface area contributed by atoms with Crippen LogP contribution in [0.25, 0.3) is 10.7 Å². The molecule has 21 heavy (non-hydrogen) atoms.